The minimum absolute atomic E-state index is 0. The minimum Gasteiger partial charge on any atom is -0.391 e. The molecule has 0 heterocycles. The van der Waals surface area contributed by atoms with Crippen LogP contribution < -0.4 is 0 Å². The molecule has 0 aromatic carbocycles. The van der Waals surface area contributed by atoms with Crippen LogP contribution in [0.4, 0.5) is 0 Å². The highest BCUT2D eigenvalue weighted by atomic mass is 16.3. The van der Waals surface area contributed by atoms with E-state index in [1.807, 2.05) is 0 Å². The van der Waals surface area contributed by atoms with Crippen molar-refractivity contribution in [2.75, 3.05) is 0 Å². The molecule has 0 amide bonds. The first-order chi connectivity index (χ1) is 8.00. The van der Waals surface area contributed by atoms with E-state index in [9.17, 15) is 0 Å². The summed E-state index contributed by atoms with van der Waals surface area (Å²) >= 11 is 0. The van der Waals surface area contributed by atoms with Crippen molar-refractivity contribution in [1.82, 2.24) is 0 Å². The molecule has 0 saturated carbocycles. The maximum atomic E-state index is 8.52. The molecule has 0 aliphatic heterocycles. The lowest BCUT2D eigenvalue weighted by atomic mass is 10.2. The fourth-order valence-electron chi connectivity index (χ4n) is 0. The highest BCUT2D eigenvalue weighted by Crippen LogP contribution is 1.94. The lowest BCUT2D eigenvalue weighted by Crippen LogP contribution is -2.10. The van der Waals surface area contributed by atoms with Crippen molar-refractivity contribution >= 4 is 0 Å². The molecule has 4 nitrogen and oxygen atoms in total. The smallest absolute Gasteiger partial charge is 0.0563 e. The van der Waals surface area contributed by atoms with E-state index in [0.29, 0.717) is 0 Å². The van der Waals surface area contributed by atoms with Gasteiger partial charge in [0.05, 0.1) is 22.4 Å². The Morgan fingerprint density at radius 2 is 0.333 bits per heavy atom. The Bertz CT molecular complexity index is 125. The first-order valence-corrected chi connectivity index (χ1v) is 6.89. The molecule has 0 bridgehead atoms. The highest BCUT2D eigenvalue weighted by Gasteiger charge is 1.99. The molecular formula is C17H44O4. The topological polar surface area (TPSA) is 80.9 Å². The molecule has 0 radical (unpaired) electrons. The average Bonchev–Trinajstić information content (AvgIpc) is 1.62. The van der Waals surface area contributed by atoms with Gasteiger partial charge in [-0.1, -0.05) is 7.43 Å². The zero-order chi connectivity index (χ0) is 18.0. The van der Waals surface area contributed by atoms with E-state index in [2.05, 4.69) is 0 Å². The second-order valence-electron chi connectivity index (χ2n) is 8.68. The van der Waals surface area contributed by atoms with Gasteiger partial charge >= 0.3 is 0 Å². The molecular weight excluding hydrogens is 268 g/mol. The molecule has 0 rings (SSSR count). The van der Waals surface area contributed by atoms with Gasteiger partial charge in [-0.25, -0.2) is 0 Å². The Balaban J connectivity index is -0.0000000533. The second kappa shape index (κ2) is 12.4. The highest BCUT2D eigenvalue weighted by molar-refractivity contribution is 4.52. The SMILES string of the molecule is C.CC(C)(C)O.CC(C)(C)O.CC(C)(C)O.CC(C)(C)O. The molecule has 4 heteroatoms. The quantitative estimate of drug-likeness (QED) is 0.549. The monoisotopic (exact) mass is 312 g/mol. The van der Waals surface area contributed by atoms with Crippen molar-refractivity contribution in [3.05, 3.63) is 0 Å². The Hall–Kier alpha value is -0.160. The Morgan fingerprint density at radius 1 is 0.333 bits per heavy atom. The van der Waals surface area contributed by atoms with E-state index in [1.54, 1.807) is 83.1 Å². The molecule has 0 aliphatic rings. The van der Waals surface area contributed by atoms with Crippen LogP contribution in [0.2, 0.25) is 0 Å². The normalized spacial score (nSPS) is 11.4. The van der Waals surface area contributed by atoms with E-state index in [0.717, 1.165) is 0 Å². The van der Waals surface area contributed by atoms with Gasteiger partial charge in [-0.15, -0.1) is 0 Å². The fraction of sp³-hybridized carbons (Fsp3) is 1.00. The van der Waals surface area contributed by atoms with Crippen LogP contribution in [0.1, 0.15) is 90.5 Å². The first kappa shape index (κ1) is 32.7. The van der Waals surface area contributed by atoms with Crippen LogP contribution in [-0.4, -0.2) is 42.8 Å². The summed E-state index contributed by atoms with van der Waals surface area (Å²) in [6.07, 6.45) is 0. The van der Waals surface area contributed by atoms with E-state index in [1.165, 1.54) is 0 Å². The van der Waals surface area contributed by atoms with Crippen LogP contribution in [-0.2, 0) is 0 Å². The largest absolute Gasteiger partial charge is 0.391 e. The number of hydrogen-bond donors (Lipinski definition) is 4. The van der Waals surface area contributed by atoms with Crippen LogP contribution in [0.5, 0.6) is 0 Å². The number of aliphatic hydroxyl groups is 4. The van der Waals surface area contributed by atoms with Crippen molar-refractivity contribution < 1.29 is 20.4 Å². The van der Waals surface area contributed by atoms with E-state index >= 15 is 0 Å². The van der Waals surface area contributed by atoms with Gasteiger partial charge in [-0.2, -0.15) is 0 Å². The van der Waals surface area contributed by atoms with E-state index < -0.39 is 22.4 Å². The van der Waals surface area contributed by atoms with E-state index in [-0.39, 0.29) is 7.43 Å². The molecule has 0 aromatic rings. The summed E-state index contributed by atoms with van der Waals surface area (Å²) in [6.45, 7) is 20.9. The van der Waals surface area contributed by atoms with E-state index in [4.69, 9.17) is 20.4 Å². The Morgan fingerprint density at radius 3 is 0.333 bits per heavy atom. The number of rotatable bonds is 0. The van der Waals surface area contributed by atoms with Crippen LogP contribution in [0.15, 0.2) is 0 Å². The van der Waals surface area contributed by atoms with Crippen molar-refractivity contribution in [2.24, 2.45) is 0 Å². The third-order valence-corrected chi connectivity index (χ3v) is 0. The van der Waals surface area contributed by atoms with Gasteiger partial charge < -0.3 is 20.4 Å². The van der Waals surface area contributed by atoms with Gasteiger partial charge in [-0.3, -0.25) is 0 Å². The summed E-state index contributed by atoms with van der Waals surface area (Å²) in [6, 6.07) is 0. The van der Waals surface area contributed by atoms with Crippen LogP contribution in [0.25, 0.3) is 0 Å². The Kier molecular flexibility index (Phi) is 19.3. The molecule has 0 atom stereocenters. The predicted octanol–water partition coefficient (Wildman–Crippen LogP) is 3.74. The van der Waals surface area contributed by atoms with Gasteiger partial charge in [0.1, 0.15) is 0 Å². The lowest BCUT2D eigenvalue weighted by Gasteiger charge is -2.04. The minimum atomic E-state index is -0.500. The van der Waals surface area contributed by atoms with Crippen LogP contribution in [0.3, 0.4) is 0 Å². The third-order valence-electron chi connectivity index (χ3n) is 0. The maximum Gasteiger partial charge on any atom is 0.0563 e. The first-order valence-electron chi connectivity index (χ1n) is 6.89. The van der Waals surface area contributed by atoms with Gasteiger partial charge in [0.2, 0.25) is 0 Å². The predicted molar refractivity (Wildman–Crippen MR) is 94.6 cm³/mol. The standard InChI is InChI=1S/4C4H10O.CH4/c4*1-4(2,3)5;/h4*5H,1-3H3;1H4. The molecule has 4 N–H and O–H groups in total. The molecule has 21 heavy (non-hydrogen) atoms. The molecule has 0 spiro atoms. The van der Waals surface area contributed by atoms with Gasteiger partial charge in [0, 0.05) is 0 Å². The molecule has 0 aliphatic carbocycles. The lowest BCUT2D eigenvalue weighted by molar-refractivity contribution is 0.101. The van der Waals surface area contributed by atoms with Crippen molar-refractivity contribution in [3.63, 3.8) is 0 Å². The zero-order valence-corrected chi connectivity index (χ0v) is 15.8. The van der Waals surface area contributed by atoms with Gasteiger partial charge in [0.25, 0.3) is 0 Å². The van der Waals surface area contributed by atoms with Crippen molar-refractivity contribution in [1.29, 1.82) is 0 Å². The van der Waals surface area contributed by atoms with Gasteiger partial charge in [-0.05, 0) is 83.1 Å². The summed E-state index contributed by atoms with van der Waals surface area (Å²) in [5.74, 6) is 0. The Labute approximate surface area is 134 Å². The zero-order valence-electron chi connectivity index (χ0n) is 15.8. The van der Waals surface area contributed by atoms with Crippen molar-refractivity contribution in [2.45, 2.75) is 113 Å². The summed E-state index contributed by atoms with van der Waals surface area (Å²) in [4.78, 5) is 0. The van der Waals surface area contributed by atoms with Crippen LogP contribution >= 0.6 is 0 Å². The number of hydrogen-bond acceptors (Lipinski definition) is 4. The second-order valence-corrected chi connectivity index (χ2v) is 8.68. The third kappa shape index (κ3) is 247000. The summed E-state index contributed by atoms with van der Waals surface area (Å²) in [5.41, 5.74) is -2.00. The molecule has 0 fully saturated rings. The van der Waals surface area contributed by atoms with Gasteiger partial charge in [0.15, 0.2) is 0 Å². The molecule has 136 valence electrons. The summed E-state index contributed by atoms with van der Waals surface area (Å²) < 4.78 is 0. The molecule has 0 unspecified atom stereocenters. The fourth-order valence-corrected chi connectivity index (χ4v) is 0. The van der Waals surface area contributed by atoms with Crippen LogP contribution in [0, 0.1) is 0 Å². The maximum absolute atomic E-state index is 8.52. The summed E-state index contributed by atoms with van der Waals surface area (Å²) in [5, 5.41) is 34.1. The average molecular weight is 313 g/mol. The van der Waals surface area contributed by atoms with Crippen molar-refractivity contribution in [3.8, 4) is 0 Å². The molecule has 0 saturated heterocycles. The summed E-state index contributed by atoms with van der Waals surface area (Å²) in [7, 11) is 0. The molecule has 0 aromatic heterocycles.